The zero-order valence-electron chi connectivity index (χ0n) is 11.5. The van der Waals surface area contributed by atoms with E-state index in [0.29, 0.717) is 12.2 Å². The topological polar surface area (TPSA) is 18.5 Å². The van der Waals surface area contributed by atoms with Gasteiger partial charge in [-0.1, -0.05) is 0 Å². The van der Waals surface area contributed by atoms with Gasteiger partial charge in [0.25, 0.3) is 0 Å². The molecular formula is C14H26HgO2. The van der Waals surface area contributed by atoms with E-state index >= 15 is 0 Å². The van der Waals surface area contributed by atoms with Gasteiger partial charge in [0.2, 0.25) is 0 Å². The van der Waals surface area contributed by atoms with E-state index in [4.69, 9.17) is 9.47 Å². The Morgan fingerprint density at radius 3 is 1.53 bits per heavy atom. The Morgan fingerprint density at radius 1 is 0.706 bits per heavy atom. The fraction of sp³-hybridized carbons (Fsp3) is 1.00. The molecule has 3 heteroatoms. The molecule has 2 aliphatic rings. The van der Waals surface area contributed by atoms with Crippen molar-refractivity contribution in [1.82, 2.24) is 0 Å². The summed E-state index contributed by atoms with van der Waals surface area (Å²) in [5.41, 5.74) is 0. The molecule has 17 heavy (non-hydrogen) atoms. The Bertz CT molecular complexity index is 200. The molecule has 0 unspecified atom stereocenters. The molecule has 0 saturated heterocycles. The Labute approximate surface area is 118 Å². The van der Waals surface area contributed by atoms with Crippen molar-refractivity contribution in [1.29, 1.82) is 0 Å². The van der Waals surface area contributed by atoms with Gasteiger partial charge in [-0.2, -0.15) is 0 Å². The molecule has 0 heterocycles. The summed E-state index contributed by atoms with van der Waals surface area (Å²) < 4.78 is 13.5. The normalized spacial score (nSPS) is 38.7. The maximum absolute atomic E-state index is 5.73. The molecule has 96 valence electrons. The van der Waals surface area contributed by atoms with Crippen molar-refractivity contribution in [2.45, 2.75) is 70.4 Å². The van der Waals surface area contributed by atoms with Crippen LogP contribution in [-0.2, 0) is 34.0 Å². The van der Waals surface area contributed by atoms with Crippen LogP contribution in [0, 0.1) is 0 Å². The number of ether oxygens (including phenoxy) is 2. The fourth-order valence-electron chi connectivity index (χ4n) is 3.90. The summed E-state index contributed by atoms with van der Waals surface area (Å²) in [6.07, 6.45) is 12.5. The number of hydrogen-bond donors (Lipinski definition) is 0. The molecule has 0 radical (unpaired) electrons. The van der Waals surface area contributed by atoms with Crippen molar-refractivity contribution in [3.8, 4) is 0 Å². The molecule has 0 bridgehead atoms. The molecule has 2 nitrogen and oxygen atoms in total. The zero-order valence-corrected chi connectivity index (χ0v) is 17.0. The second kappa shape index (κ2) is 7.45. The van der Waals surface area contributed by atoms with Crippen molar-refractivity contribution < 1.29 is 34.0 Å². The van der Waals surface area contributed by atoms with Crippen LogP contribution in [0.25, 0.3) is 0 Å². The molecular weight excluding hydrogens is 401 g/mol. The molecule has 0 aliphatic heterocycles. The van der Waals surface area contributed by atoms with Gasteiger partial charge in [-0.3, -0.25) is 0 Å². The van der Waals surface area contributed by atoms with E-state index in [0.717, 1.165) is 6.85 Å². The minimum absolute atomic E-state index is 0.616. The van der Waals surface area contributed by atoms with Crippen LogP contribution < -0.4 is 0 Å². The summed E-state index contributed by atoms with van der Waals surface area (Å²) in [7, 11) is 3.84. The monoisotopic (exact) mass is 428 g/mol. The van der Waals surface area contributed by atoms with Crippen LogP contribution in [0.4, 0.5) is 0 Å². The average Bonchev–Trinajstić information content (AvgIpc) is 2.40. The summed E-state index contributed by atoms with van der Waals surface area (Å²) in [6, 6.07) is 0. The first-order chi connectivity index (χ1) is 8.35. The summed E-state index contributed by atoms with van der Waals surface area (Å²) >= 11 is -0.874. The fourth-order valence-corrected chi connectivity index (χ4v) is 16.7. The molecule has 4 atom stereocenters. The molecule has 0 aromatic heterocycles. The Balaban J connectivity index is 1.88. The first kappa shape index (κ1) is 14.3. The van der Waals surface area contributed by atoms with Gasteiger partial charge >= 0.3 is 119 Å². The van der Waals surface area contributed by atoms with Crippen LogP contribution in [0.15, 0.2) is 0 Å². The van der Waals surface area contributed by atoms with Crippen LogP contribution >= 0.6 is 0 Å². The van der Waals surface area contributed by atoms with E-state index in [1.165, 1.54) is 51.4 Å². The quantitative estimate of drug-likeness (QED) is 0.636. The van der Waals surface area contributed by atoms with Gasteiger partial charge in [-0.05, 0) is 0 Å². The summed E-state index contributed by atoms with van der Waals surface area (Å²) in [4.78, 5) is 0. The first-order valence-corrected chi connectivity index (χ1v) is 13.8. The third kappa shape index (κ3) is 3.91. The van der Waals surface area contributed by atoms with E-state index in [1.54, 1.807) is 0 Å². The van der Waals surface area contributed by atoms with Crippen LogP contribution in [0.3, 0.4) is 0 Å². The number of hydrogen-bond acceptors (Lipinski definition) is 2. The molecule has 2 rings (SSSR count). The number of rotatable bonds is 4. The van der Waals surface area contributed by atoms with Gasteiger partial charge in [0.05, 0.1) is 0 Å². The number of methoxy groups -OCH3 is 2. The minimum atomic E-state index is -0.874. The van der Waals surface area contributed by atoms with Crippen LogP contribution in [0.1, 0.15) is 51.4 Å². The first-order valence-electron chi connectivity index (χ1n) is 7.40. The van der Waals surface area contributed by atoms with Gasteiger partial charge in [-0.15, -0.1) is 0 Å². The van der Waals surface area contributed by atoms with Crippen molar-refractivity contribution in [2.75, 3.05) is 14.2 Å². The third-order valence-electron chi connectivity index (χ3n) is 4.89. The van der Waals surface area contributed by atoms with Gasteiger partial charge < -0.3 is 0 Å². The van der Waals surface area contributed by atoms with Crippen molar-refractivity contribution in [2.24, 2.45) is 0 Å². The van der Waals surface area contributed by atoms with Crippen molar-refractivity contribution in [3.05, 3.63) is 0 Å². The zero-order chi connectivity index (χ0) is 12.1. The van der Waals surface area contributed by atoms with Gasteiger partial charge in [0.1, 0.15) is 0 Å². The molecule has 2 saturated carbocycles. The van der Waals surface area contributed by atoms with Crippen LogP contribution in [0.5, 0.6) is 0 Å². The van der Waals surface area contributed by atoms with Crippen LogP contribution in [0.2, 0.25) is 6.85 Å². The Kier molecular flexibility index (Phi) is 6.25. The second-order valence-electron chi connectivity index (χ2n) is 5.87. The maximum atomic E-state index is 5.73. The van der Waals surface area contributed by atoms with Crippen molar-refractivity contribution in [3.63, 3.8) is 0 Å². The molecule has 0 aromatic carbocycles. The summed E-state index contributed by atoms with van der Waals surface area (Å²) in [5, 5.41) is 0. The second-order valence-corrected chi connectivity index (χ2v) is 15.9. The Morgan fingerprint density at radius 2 is 1.12 bits per heavy atom. The average molecular weight is 427 g/mol. The molecule has 0 spiro atoms. The Hall–Kier alpha value is 0.855. The third-order valence-corrected chi connectivity index (χ3v) is 16.9. The van der Waals surface area contributed by atoms with Crippen LogP contribution in [-0.4, -0.2) is 26.4 Å². The molecule has 0 N–H and O–H groups in total. The molecule has 0 amide bonds. The summed E-state index contributed by atoms with van der Waals surface area (Å²) in [6.45, 7) is 0. The standard InChI is InChI=1S/2C7H13O.Hg/c2*1-8-7-5-3-2-4-6-7;/h2*5,7H,2-4,6H2,1H3;/t2*7-;/m00./s1. The molecule has 2 aliphatic carbocycles. The summed E-state index contributed by atoms with van der Waals surface area (Å²) in [5.74, 6) is 0. The van der Waals surface area contributed by atoms with Crippen molar-refractivity contribution >= 4 is 0 Å². The molecule has 0 aromatic rings. The van der Waals surface area contributed by atoms with Gasteiger partial charge in [0, 0.05) is 0 Å². The van der Waals surface area contributed by atoms with E-state index < -0.39 is 24.6 Å². The molecule has 2 fully saturated rings. The van der Waals surface area contributed by atoms with Gasteiger partial charge in [0.15, 0.2) is 0 Å². The van der Waals surface area contributed by atoms with E-state index in [2.05, 4.69) is 0 Å². The SMILES string of the molecule is CO[C@@H]1CCCC[C@@H]1[Hg][C@H]1CCCC[C@H]1OC. The predicted molar refractivity (Wildman–Crippen MR) is 66.0 cm³/mol. The van der Waals surface area contributed by atoms with Gasteiger partial charge in [-0.25, -0.2) is 0 Å². The van der Waals surface area contributed by atoms with E-state index in [9.17, 15) is 0 Å². The van der Waals surface area contributed by atoms with E-state index in [-0.39, 0.29) is 0 Å². The predicted octanol–water partition coefficient (Wildman–Crippen LogP) is 3.82. The van der Waals surface area contributed by atoms with E-state index in [1.807, 2.05) is 14.2 Å².